The standard InChI is InChI=1S/C10H15N3/c1-2-3-10(12)8-13-5-4-9(6-11)7-13/h4-5,7,10H,2-3,8,12H2,1H3. The SMILES string of the molecule is CCCC(N)Cn1ccc(C#N)c1. The molecule has 3 nitrogen and oxygen atoms in total. The van der Waals surface area contributed by atoms with Crippen LogP contribution in [0.25, 0.3) is 0 Å². The number of nitrogens with zero attached hydrogens (tertiary/aromatic N) is 2. The molecule has 1 heterocycles. The van der Waals surface area contributed by atoms with Gasteiger partial charge in [0.15, 0.2) is 0 Å². The van der Waals surface area contributed by atoms with E-state index in [0.29, 0.717) is 5.56 Å². The van der Waals surface area contributed by atoms with Crippen LogP contribution in [-0.4, -0.2) is 10.6 Å². The van der Waals surface area contributed by atoms with Crippen molar-refractivity contribution in [1.82, 2.24) is 4.57 Å². The van der Waals surface area contributed by atoms with Crippen LogP contribution in [0.1, 0.15) is 25.3 Å². The number of hydrogen-bond acceptors (Lipinski definition) is 2. The Morgan fingerprint density at radius 3 is 3.00 bits per heavy atom. The maximum Gasteiger partial charge on any atom is 0.101 e. The van der Waals surface area contributed by atoms with Gasteiger partial charge in [0, 0.05) is 25.0 Å². The highest BCUT2D eigenvalue weighted by Crippen LogP contribution is 2.02. The number of nitriles is 1. The number of hydrogen-bond donors (Lipinski definition) is 1. The molecule has 0 aromatic carbocycles. The molecular formula is C10H15N3. The van der Waals surface area contributed by atoms with Crippen molar-refractivity contribution in [1.29, 1.82) is 5.26 Å². The fourth-order valence-electron chi connectivity index (χ4n) is 1.35. The summed E-state index contributed by atoms with van der Waals surface area (Å²) < 4.78 is 1.97. The van der Waals surface area contributed by atoms with E-state index in [2.05, 4.69) is 13.0 Å². The van der Waals surface area contributed by atoms with Crippen molar-refractivity contribution < 1.29 is 0 Å². The molecule has 0 fully saturated rings. The van der Waals surface area contributed by atoms with Gasteiger partial charge in [0.1, 0.15) is 6.07 Å². The van der Waals surface area contributed by atoms with Gasteiger partial charge in [0.05, 0.1) is 5.56 Å². The zero-order chi connectivity index (χ0) is 9.68. The maximum atomic E-state index is 8.59. The molecule has 1 aromatic heterocycles. The molecule has 70 valence electrons. The first-order valence-electron chi connectivity index (χ1n) is 4.57. The summed E-state index contributed by atoms with van der Waals surface area (Å²) >= 11 is 0. The van der Waals surface area contributed by atoms with Gasteiger partial charge in [-0.2, -0.15) is 5.26 Å². The Balaban J connectivity index is 2.50. The number of nitrogens with two attached hydrogens (primary N) is 1. The Morgan fingerprint density at radius 1 is 1.69 bits per heavy atom. The Morgan fingerprint density at radius 2 is 2.46 bits per heavy atom. The fourth-order valence-corrected chi connectivity index (χ4v) is 1.35. The molecule has 0 amide bonds. The lowest BCUT2D eigenvalue weighted by atomic mass is 10.2. The highest BCUT2D eigenvalue weighted by atomic mass is 15.0. The second kappa shape index (κ2) is 4.68. The predicted molar refractivity (Wildman–Crippen MR) is 52.0 cm³/mol. The van der Waals surface area contributed by atoms with Gasteiger partial charge in [0.2, 0.25) is 0 Å². The lowest BCUT2D eigenvalue weighted by molar-refractivity contribution is 0.515. The van der Waals surface area contributed by atoms with Crippen LogP contribution in [0.3, 0.4) is 0 Å². The minimum absolute atomic E-state index is 0.198. The average Bonchev–Trinajstić information content (AvgIpc) is 2.52. The van der Waals surface area contributed by atoms with E-state index < -0.39 is 0 Å². The number of rotatable bonds is 4. The van der Waals surface area contributed by atoms with Crippen LogP contribution in [0.2, 0.25) is 0 Å². The van der Waals surface area contributed by atoms with Gasteiger partial charge in [-0.15, -0.1) is 0 Å². The van der Waals surface area contributed by atoms with Crippen molar-refractivity contribution in [3.8, 4) is 6.07 Å². The van der Waals surface area contributed by atoms with Gasteiger partial charge >= 0.3 is 0 Å². The third kappa shape index (κ3) is 2.92. The van der Waals surface area contributed by atoms with Crippen LogP contribution < -0.4 is 5.73 Å². The molecule has 0 aliphatic rings. The normalized spacial score (nSPS) is 12.4. The third-order valence-electron chi connectivity index (χ3n) is 1.98. The first-order chi connectivity index (χ1) is 6.26. The predicted octanol–water partition coefficient (Wildman–Crippen LogP) is 1.49. The quantitative estimate of drug-likeness (QED) is 0.757. The molecule has 0 spiro atoms. The Labute approximate surface area is 78.8 Å². The summed E-state index contributed by atoms with van der Waals surface area (Å²) in [6.45, 7) is 2.92. The molecule has 0 aliphatic heterocycles. The largest absolute Gasteiger partial charge is 0.351 e. The van der Waals surface area contributed by atoms with Crippen LogP contribution in [0.15, 0.2) is 18.5 Å². The van der Waals surface area contributed by atoms with Crippen LogP contribution in [0.5, 0.6) is 0 Å². The van der Waals surface area contributed by atoms with Crippen molar-refractivity contribution in [3.05, 3.63) is 24.0 Å². The summed E-state index contributed by atoms with van der Waals surface area (Å²) in [7, 11) is 0. The molecule has 0 saturated carbocycles. The maximum absolute atomic E-state index is 8.59. The molecule has 0 radical (unpaired) electrons. The molecule has 3 heteroatoms. The van der Waals surface area contributed by atoms with Gasteiger partial charge in [-0.1, -0.05) is 13.3 Å². The molecule has 0 bridgehead atoms. The highest BCUT2D eigenvalue weighted by molar-refractivity contribution is 5.25. The molecule has 1 aromatic rings. The summed E-state index contributed by atoms with van der Waals surface area (Å²) in [5.41, 5.74) is 6.56. The monoisotopic (exact) mass is 177 g/mol. The van der Waals surface area contributed by atoms with Crippen molar-refractivity contribution in [3.63, 3.8) is 0 Å². The van der Waals surface area contributed by atoms with Crippen molar-refractivity contribution in [2.24, 2.45) is 5.73 Å². The van der Waals surface area contributed by atoms with Gasteiger partial charge in [-0.25, -0.2) is 0 Å². The van der Waals surface area contributed by atoms with E-state index in [1.807, 2.05) is 17.0 Å². The van der Waals surface area contributed by atoms with Crippen LogP contribution >= 0.6 is 0 Å². The first-order valence-corrected chi connectivity index (χ1v) is 4.57. The lowest BCUT2D eigenvalue weighted by Crippen LogP contribution is -2.25. The second-order valence-corrected chi connectivity index (χ2v) is 3.26. The molecule has 2 N–H and O–H groups in total. The second-order valence-electron chi connectivity index (χ2n) is 3.26. The van der Waals surface area contributed by atoms with E-state index in [1.165, 1.54) is 0 Å². The van der Waals surface area contributed by atoms with E-state index in [-0.39, 0.29) is 6.04 Å². The van der Waals surface area contributed by atoms with Gasteiger partial charge in [-0.3, -0.25) is 0 Å². The summed E-state index contributed by atoms with van der Waals surface area (Å²) in [5, 5.41) is 8.59. The van der Waals surface area contributed by atoms with Gasteiger partial charge < -0.3 is 10.3 Å². The van der Waals surface area contributed by atoms with E-state index >= 15 is 0 Å². The number of aromatic nitrogens is 1. The lowest BCUT2D eigenvalue weighted by Gasteiger charge is -2.10. The molecule has 1 atom stereocenters. The van der Waals surface area contributed by atoms with Crippen molar-refractivity contribution >= 4 is 0 Å². The summed E-state index contributed by atoms with van der Waals surface area (Å²) in [5.74, 6) is 0. The van der Waals surface area contributed by atoms with E-state index in [4.69, 9.17) is 11.0 Å². The van der Waals surface area contributed by atoms with E-state index in [1.54, 1.807) is 6.07 Å². The zero-order valence-corrected chi connectivity index (χ0v) is 7.90. The zero-order valence-electron chi connectivity index (χ0n) is 7.90. The minimum atomic E-state index is 0.198. The van der Waals surface area contributed by atoms with Crippen LogP contribution in [0, 0.1) is 11.3 Å². The van der Waals surface area contributed by atoms with Crippen LogP contribution in [-0.2, 0) is 6.54 Å². The van der Waals surface area contributed by atoms with E-state index in [9.17, 15) is 0 Å². The third-order valence-corrected chi connectivity index (χ3v) is 1.98. The van der Waals surface area contributed by atoms with Crippen LogP contribution in [0.4, 0.5) is 0 Å². The minimum Gasteiger partial charge on any atom is -0.351 e. The van der Waals surface area contributed by atoms with Gasteiger partial charge in [-0.05, 0) is 12.5 Å². The Kier molecular flexibility index (Phi) is 3.53. The summed E-state index contributed by atoms with van der Waals surface area (Å²) in [6.07, 6.45) is 5.86. The fraction of sp³-hybridized carbons (Fsp3) is 0.500. The Hall–Kier alpha value is -1.27. The van der Waals surface area contributed by atoms with E-state index in [0.717, 1.165) is 19.4 Å². The van der Waals surface area contributed by atoms with Crippen molar-refractivity contribution in [2.45, 2.75) is 32.4 Å². The Bertz CT molecular complexity index is 295. The summed E-state index contributed by atoms with van der Waals surface area (Å²) in [6, 6.07) is 4.09. The molecule has 0 saturated heterocycles. The van der Waals surface area contributed by atoms with Crippen molar-refractivity contribution in [2.75, 3.05) is 0 Å². The first kappa shape index (κ1) is 9.82. The average molecular weight is 177 g/mol. The van der Waals surface area contributed by atoms with Gasteiger partial charge in [0.25, 0.3) is 0 Å². The smallest absolute Gasteiger partial charge is 0.101 e. The molecule has 0 aliphatic carbocycles. The molecule has 1 rings (SSSR count). The highest BCUT2D eigenvalue weighted by Gasteiger charge is 2.02. The topological polar surface area (TPSA) is 54.7 Å². The molecule has 13 heavy (non-hydrogen) atoms. The summed E-state index contributed by atoms with van der Waals surface area (Å²) in [4.78, 5) is 0. The molecule has 1 unspecified atom stereocenters. The molecular weight excluding hydrogens is 162 g/mol.